The lowest BCUT2D eigenvalue weighted by Gasteiger charge is -2.33. The Morgan fingerprint density at radius 1 is 1.28 bits per heavy atom. The lowest BCUT2D eigenvalue weighted by molar-refractivity contribution is -0.149. The molecule has 6 nitrogen and oxygen atoms in total. The number of guanidine groups is 1. The molecule has 9 heteroatoms. The average molecular weight is 415 g/mol. The zero-order valence-electron chi connectivity index (χ0n) is 16.8. The largest absolute Gasteiger partial charge is 0.492 e. The zero-order valence-corrected chi connectivity index (χ0v) is 16.8. The zero-order chi connectivity index (χ0) is 21.3. The summed E-state index contributed by atoms with van der Waals surface area (Å²) < 4.78 is 48.8. The summed E-state index contributed by atoms with van der Waals surface area (Å²) in [5.74, 6) is 0.639. The molecule has 1 saturated heterocycles. The molecule has 1 N–H and O–H groups in total. The van der Waals surface area contributed by atoms with E-state index in [0.717, 1.165) is 12.1 Å². The molecule has 0 amide bonds. The highest BCUT2D eigenvalue weighted by molar-refractivity contribution is 5.80. The number of benzene rings is 1. The van der Waals surface area contributed by atoms with Crippen molar-refractivity contribution in [1.29, 1.82) is 0 Å². The van der Waals surface area contributed by atoms with Gasteiger partial charge in [0.2, 0.25) is 0 Å². The second-order valence-corrected chi connectivity index (χ2v) is 6.62. The lowest BCUT2D eigenvalue weighted by atomic mass is 9.97. The molecule has 0 aromatic heterocycles. The molecule has 1 aromatic carbocycles. The third-order valence-electron chi connectivity index (χ3n) is 4.53. The molecule has 0 aliphatic carbocycles. The van der Waals surface area contributed by atoms with E-state index in [1.807, 2.05) is 6.92 Å². The molecular formula is C20H28F3N3O3. The van der Waals surface area contributed by atoms with Gasteiger partial charge in [0.15, 0.2) is 5.96 Å². The van der Waals surface area contributed by atoms with Crippen molar-refractivity contribution in [2.45, 2.75) is 32.9 Å². The minimum absolute atomic E-state index is 0.0849. The second kappa shape index (κ2) is 10.9. The van der Waals surface area contributed by atoms with E-state index in [-0.39, 0.29) is 24.2 Å². The van der Waals surface area contributed by atoms with E-state index >= 15 is 0 Å². The van der Waals surface area contributed by atoms with Gasteiger partial charge in [0.1, 0.15) is 12.4 Å². The van der Waals surface area contributed by atoms with Crippen molar-refractivity contribution in [3.63, 3.8) is 0 Å². The van der Waals surface area contributed by atoms with Crippen molar-refractivity contribution in [2.24, 2.45) is 10.9 Å². The number of nitrogens with one attached hydrogen (secondary N) is 1. The predicted molar refractivity (Wildman–Crippen MR) is 104 cm³/mol. The number of aliphatic imine (C=N–C) groups is 1. The molecule has 0 saturated carbocycles. The van der Waals surface area contributed by atoms with Crippen LogP contribution in [0.4, 0.5) is 13.2 Å². The summed E-state index contributed by atoms with van der Waals surface area (Å²) in [5.41, 5.74) is -0.740. The quantitative estimate of drug-likeness (QED) is 0.320. The van der Waals surface area contributed by atoms with Crippen molar-refractivity contribution in [3.05, 3.63) is 29.8 Å². The number of halogens is 3. The summed E-state index contributed by atoms with van der Waals surface area (Å²) in [6.07, 6.45) is -3.00. The van der Waals surface area contributed by atoms with Crippen molar-refractivity contribution in [3.8, 4) is 5.75 Å². The Kier molecular flexibility index (Phi) is 8.60. The number of nitrogens with zero attached hydrogens (tertiary/aromatic N) is 2. The first kappa shape index (κ1) is 22.8. The van der Waals surface area contributed by atoms with Gasteiger partial charge in [-0.25, -0.2) is 4.99 Å². The van der Waals surface area contributed by atoms with Crippen LogP contribution in [-0.2, 0) is 15.7 Å². The third-order valence-corrected chi connectivity index (χ3v) is 4.53. The normalized spacial score (nSPS) is 15.9. The maximum absolute atomic E-state index is 12.8. The number of hydrogen-bond donors (Lipinski definition) is 1. The molecule has 1 aliphatic heterocycles. The number of esters is 1. The number of likely N-dealkylation sites (tertiary alicyclic amines) is 1. The van der Waals surface area contributed by atoms with Crippen molar-refractivity contribution >= 4 is 11.9 Å². The minimum atomic E-state index is -4.40. The van der Waals surface area contributed by atoms with Gasteiger partial charge in [0.25, 0.3) is 0 Å². The topological polar surface area (TPSA) is 63.2 Å². The molecule has 0 unspecified atom stereocenters. The van der Waals surface area contributed by atoms with Crippen LogP contribution in [-0.4, -0.2) is 56.2 Å². The fourth-order valence-corrected chi connectivity index (χ4v) is 3.09. The van der Waals surface area contributed by atoms with Gasteiger partial charge in [-0.2, -0.15) is 13.2 Å². The summed E-state index contributed by atoms with van der Waals surface area (Å²) in [4.78, 5) is 18.4. The number of piperidine rings is 1. The van der Waals surface area contributed by atoms with Gasteiger partial charge in [0, 0.05) is 19.6 Å². The second-order valence-electron chi connectivity index (χ2n) is 6.62. The summed E-state index contributed by atoms with van der Waals surface area (Å²) in [5, 5.41) is 3.20. The van der Waals surface area contributed by atoms with Gasteiger partial charge in [-0.15, -0.1) is 0 Å². The van der Waals surface area contributed by atoms with Crippen LogP contribution < -0.4 is 10.1 Å². The average Bonchev–Trinajstić information content (AvgIpc) is 2.70. The Bertz CT molecular complexity index is 687. The molecule has 1 aromatic rings. The van der Waals surface area contributed by atoms with Crippen LogP contribution in [0.15, 0.2) is 29.3 Å². The Hall–Kier alpha value is -2.45. The standard InChI is InChI=1S/C20H28F3N3O3/c1-3-24-19(26-11-8-15(9-12-26)18(27)28-4-2)25-10-13-29-17-7-5-6-16(14-17)20(21,22)23/h5-7,14-15H,3-4,8-13H2,1-2H3,(H,24,25). The van der Waals surface area contributed by atoms with Crippen LogP contribution in [0.25, 0.3) is 0 Å². The van der Waals surface area contributed by atoms with E-state index in [1.165, 1.54) is 12.1 Å². The predicted octanol–water partition coefficient (Wildman–Crippen LogP) is 3.32. The van der Waals surface area contributed by atoms with E-state index in [2.05, 4.69) is 15.2 Å². The van der Waals surface area contributed by atoms with Gasteiger partial charge < -0.3 is 19.7 Å². The molecule has 1 aliphatic rings. The Labute approximate surface area is 169 Å². The number of carbonyl (C=O) groups is 1. The highest BCUT2D eigenvalue weighted by Crippen LogP contribution is 2.31. The fourth-order valence-electron chi connectivity index (χ4n) is 3.09. The van der Waals surface area contributed by atoms with Crippen molar-refractivity contribution in [2.75, 3.05) is 39.4 Å². The third kappa shape index (κ3) is 7.14. The first-order valence-corrected chi connectivity index (χ1v) is 9.85. The maximum Gasteiger partial charge on any atom is 0.416 e. The van der Waals surface area contributed by atoms with Gasteiger partial charge in [-0.05, 0) is 44.9 Å². The Balaban J connectivity index is 1.86. The SMILES string of the molecule is CCNC(=NCCOc1cccc(C(F)(F)F)c1)N1CCC(C(=O)OCC)CC1. The molecule has 29 heavy (non-hydrogen) atoms. The molecule has 162 valence electrons. The van der Waals surface area contributed by atoms with E-state index < -0.39 is 11.7 Å². The minimum Gasteiger partial charge on any atom is -0.492 e. The Morgan fingerprint density at radius 3 is 2.62 bits per heavy atom. The molecule has 0 spiro atoms. The molecular weight excluding hydrogens is 387 g/mol. The van der Waals surface area contributed by atoms with Gasteiger partial charge in [-0.3, -0.25) is 4.79 Å². The number of hydrogen-bond acceptors (Lipinski definition) is 4. The van der Waals surface area contributed by atoms with Gasteiger partial charge in [-0.1, -0.05) is 6.07 Å². The van der Waals surface area contributed by atoms with Crippen LogP contribution in [0, 0.1) is 5.92 Å². The molecule has 0 radical (unpaired) electrons. The Morgan fingerprint density at radius 2 is 2.00 bits per heavy atom. The first-order valence-electron chi connectivity index (χ1n) is 9.85. The first-order chi connectivity index (χ1) is 13.8. The van der Waals surface area contributed by atoms with Crippen LogP contribution in [0.1, 0.15) is 32.3 Å². The van der Waals surface area contributed by atoms with Crippen molar-refractivity contribution < 1.29 is 27.4 Å². The summed E-state index contributed by atoms with van der Waals surface area (Å²) in [7, 11) is 0. The molecule has 2 rings (SSSR count). The number of carbonyl (C=O) groups excluding carboxylic acids is 1. The van der Waals surface area contributed by atoms with E-state index in [4.69, 9.17) is 9.47 Å². The van der Waals surface area contributed by atoms with Crippen LogP contribution in [0.3, 0.4) is 0 Å². The van der Waals surface area contributed by atoms with E-state index in [0.29, 0.717) is 51.6 Å². The fraction of sp³-hybridized carbons (Fsp3) is 0.600. The number of ether oxygens (including phenoxy) is 2. The smallest absolute Gasteiger partial charge is 0.416 e. The van der Waals surface area contributed by atoms with Gasteiger partial charge >= 0.3 is 12.1 Å². The molecule has 0 atom stereocenters. The lowest BCUT2D eigenvalue weighted by Crippen LogP contribution is -2.46. The molecule has 0 bridgehead atoms. The summed E-state index contributed by atoms with van der Waals surface area (Å²) in [6, 6.07) is 4.80. The van der Waals surface area contributed by atoms with Crippen LogP contribution in [0.5, 0.6) is 5.75 Å². The monoisotopic (exact) mass is 415 g/mol. The number of rotatable bonds is 7. The maximum atomic E-state index is 12.8. The molecule has 1 fully saturated rings. The van der Waals surface area contributed by atoms with E-state index in [1.54, 1.807) is 6.92 Å². The summed E-state index contributed by atoms with van der Waals surface area (Å²) >= 11 is 0. The van der Waals surface area contributed by atoms with E-state index in [9.17, 15) is 18.0 Å². The number of alkyl halides is 3. The molecule has 1 heterocycles. The van der Waals surface area contributed by atoms with Crippen LogP contribution in [0.2, 0.25) is 0 Å². The highest BCUT2D eigenvalue weighted by atomic mass is 19.4. The van der Waals surface area contributed by atoms with Crippen molar-refractivity contribution in [1.82, 2.24) is 10.2 Å². The van der Waals surface area contributed by atoms with Gasteiger partial charge in [0.05, 0.1) is 24.6 Å². The van der Waals surface area contributed by atoms with Crippen LogP contribution >= 0.6 is 0 Å². The summed E-state index contributed by atoms with van der Waals surface area (Å²) in [6.45, 7) is 6.66. The highest BCUT2D eigenvalue weighted by Gasteiger charge is 2.30.